The Morgan fingerprint density at radius 3 is 2.52 bits per heavy atom. The molecule has 0 unspecified atom stereocenters. The summed E-state index contributed by atoms with van der Waals surface area (Å²) >= 11 is 0. The first kappa shape index (κ1) is 30.3. The maximum Gasteiger partial charge on any atom is 0.409 e. The molecular weight excluding hydrogens is 558 g/mol. The number of pyridine rings is 1. The molecule has 5 aromatic rings. The van der Waals surface area contributed by atoms with Crippen LogP contribution in [-0.4, -0.2) is 46.1 Å². The number of aromatic hydroxyl groups is 1. The van der Waals surface area contributed by atoms with Gasteiger partial charge in [0.1, 0.15) is 11.5 Å². The van der Waals surface area contributed by atoms with Gasteiger partial charge in [-0.05, 0) is 78.4 Å². The molecule has 0 aliphatic rings. The van der Waals surface area contributed by atoms with Crippen molar-refractivity contribution in [3.8, 4) is 22.6 Å². The van der Waals surface area contributed by atoms with Crippen LogP contribution in [0.2, 0.25) is 0 Å². The molecule has 9 heteroatoms. The Morgan fingerprint density at radius 2 is 1.70 bits per heavy atom. The number of aliphatic hydroxyl groups excluding tert-OH is 1. The highest BCUT2D eigenvalue weighted by molar-refractivity contribution is 5.91. The minimum atomic E-state index is -1.10. The van der Waals surface area contributed by atoms with E-state index < -0.39 is 12.2 Å². The second-order valence-corrected chi connectivity index (χ2v) is 10.5. The number of hydrogen-bond donors (Lipinski definition) is 6. The highest BCUT2D eigenvalue weighted by Gasteiger charge is 2.14. The van der Waals surface area contributed by atoms with Crippen LogP contribution in [0.1, 0.15) is 29.2 Å². The molecule has 5 rings (SSSR count). The van der Waals surface area contributed by atoms with E-state index in [1.807, 2.05) is 72.8 Å². The molecule has 0 saturated heterocycles. The number of phenolic OH excluding ortho intramolecular Hbond substituents is 1. The normalized spacial score (nSPS) is 11.8. The second kappa shape index (κ2) is 14.4. The molecule has 0 saturated carbocycles. The molecule has 1 atom stereocenters. The van der Waals surface area contributed by atoms with Crippen LogP contribution in [-0.2, 0) is 12.8 Å². The molecular formula is C35H35N3O6. The van der Waals surface area contributed by atoms with E-state index in [-0.39, 0.29) is 11.3 Å². The average Bonchev–Trinajstić information content (AvgIpc) is 3.02. The van der Waals surface area contributed by atoms with E-state index >= 15 is 0 Å². The monoisotopic (exact) mass is 593 g/mol. The van der Waals surface area contributed by atoms with Crippen LogP contribution in [0.5, 0.6) is 11.5 Å². The lowest BCUT2D eigenvalue weighted by atomic mass is 10.00. The molecule has 0 aliphatic carbocycles. The number of carboxylic acid groups (broad SMARTS) is 1. The van der Waals surface area contributed by atoms with Gasteiger partial charge in [-0.25, -0.2) is 4.79 Å². The number of H-pyrrole nitrogens is 1. The number of phenols is 1. The summed E-state index contributed by atoms with van der Waals surface area (Å²) in [6.45, 7) is 1.46. The van der Waals surface area contributed by atoms with E-state index in [0.29, 0.717) is 41.9 Å². The average molecular weight is 594 g/mol. The SMILES string of the molecule is O=C(O)Nc1cc(CCCOc2cccc(CCNC[C@H](O)c3ccc(O)c4[nH]c(=O)ccc34)c2)ccc1-c1ccccc1. The van der Waals surface area contributed by atoms with Crippen molar-refractivity contribution < 1.29 is 24.9 Å². The molecule has 44 heavy (non-hydrogen) atoms. The molecule has 0 aliphatic heterocycles. The topological polar surface area (TPSA) is 144 Å². The summed E-state index contributed by atoms with van der Waals surface area (Å²) < 4.78 is 6.00. The molecule has 0 bridgehead atoms. The van der Waals surface area contributed by atoms with Gasteiger partial charge in [0.25, 0.3) is 0 Å². The van der Waals surface area contributed by atoms with Crippen molar-refractivity contribution in [2.45, 2.75) is 25.4 Å². The van der Waals surface area contributed by atoms with E-state index in [9.17, 15) is 24.9 Å². The van der Waals surface area contributed by atoms with E-state index in [1.165, 1.54) is 12.1 Å². The van der Waals surface area contributed by atoms with Crippen molar-refractivity contribution in [2.75, 3.05) is 25.0 Å². The van der Waals surface area contributed by atoms with Gasteiger partial charge in [0.15, 0.2) is 0 Å². The van der Waals surface area contributed by atoms with Crippen molar-refractivity contribution in [2.24, 2.45) is 0 Å². The van der Waals surface area contributed by atoms with Gasteiger partial charge in [-0.15, -0.1) is 0 Å². The smallest absolute Gasteiger partial charge is 0.409 e. The Bertz CT molecular complexity index is 1790. The van der Waals surface area contributed by atoms with E-state index in [2.05, 4.69) is 15.6 Å². The third-order valence-corrected chi connectivity index (χ3v) is 7.38. The lowest BCUT2D eigenvalue weighted by Crippen LogP contribution is -2.24. The van der Waals surface area contributed by atoms with E-state index in [1.54, 1.807) is 12.1 Å². The number of aromatic nitrogens is 1. The fraction of sp³-hybridized carbons (Fsp3) is 0.200. The molecule has 9 nitrogen and oxygen atoms in total. The Morgan fingerprint density at radius 1 is 0.886 bits per heavy atom. The van der Waals surface area contributed by atoms with Gasteiger partial charge in [0.05, 0.1) is 23.9 Å². The molecule has 1 heterocycles. The summed E-state index contributed by atoms with van der Waals surface area (Å²) in [5, 5.41) is 36.5. The van der Waals surface area contributed by atoms with Gasteiger partial charge in [0, 0.05) is 23.6 Å². The van der Waals surface area contributed by atoms with Crippen molar-refractivity contribution in [3.63, 3.8) is 0 Å². The molecule has 4 aromatic carbocycles. The summed E-state index contributed by atoms with van der Waals surface area (Å²) in [6.07, 6.45) is 0.325. The number of amides is 1. The van der Waals surface area contributed by atoms with E-state index in [4.69, 9.17) is 4.74 Å². The van der Waals surface area contributed by atoms with Crippen molar-refractivity contribution >= 4 is 22.7 Å². The van der Waals surface area contributed by atoms with Crippen molar-refractivity contribution in [1.29, 1.82) is 0 Å². The number of aryl methyl sites for hydroxylation is 1. The molecule has 6 N–H and O–H groups in total. The zero-order valence-electron chi connectivity index (χ0n) is 24.1. The van der Waals surface area contributed by atoms with Gasteiger partial charge in [-0.2, -0.15) is 0 Å². The maximum atomic E-state index is 11.6. The number of aromatic amines is 1. The molecule has 1 aromatic heterocycles. The van der Waals surface area contributed by atoms with Crippen LogP contribution in [0, 0.1) is 0 Å². The summed E-state index contributed by atoms with van der Waals surface area (Å²) in [5.41, 5.74) is 5.07. The molecule has 0 radical (unpaired) electrons. The zero-order valence-corrected chi connectivity index (χ0v) is 24.1. The zero-order chi connectivity index (χ0) is 30.9. The third-order valence-electron chi connectivity index (χ3n) is 7.38. The molecule has 1 amide bonds. The third kappa shape index (κ3) is 7.83. The molecule has 0 spiro atoms. The van der Waals surface area contributed by atoms with Crippen molar-refractivity contribution in [1.82, 2.24) is 10.3 Å². The first-order valence-corrected chi connectivity index (χ1v) is 14.5. The van der Waals surface area contributed by atoms with Crippen LogP contribution in [0.3, 0.4) is 0 Å². The maximum absolute atomic E-state index is 11.6. The first-order valence-electron chi connectivity index (χ1n) is 14.5. The summed E-state index contributed by atoms with van der Waals surface area (Å²) in [4.78, 5) is 25.6. The number of benzene rings is 4. The largest absolute Gasteiger partial charge is 0.506 e. The standard InChI is InChI=1S/C35H35N3O6/c39-31-15-13-28(29-14-16-33(41)38-34(29)31)32(40)22-36-18-17-24-6-4-10-26(20-24)44-19-5-7-23-11-12-27(25-8-2-1-3-9-25)30(21-23)37-35(42)43/h1-4,6,8-16,20-21,32,36-37,39-40H,5,7,17-19,22H2,(H,38,41)(H,42,43)/t32-/m0/s1. The number of rotatable bonds is 13. The molecule has 226 valence electrons. The molecule has 0 fully saturated rings. The fourth-order valence-corrected chi connectivity index (χ4v) is 5.22. The fourth-order valence-electron chi connectivity index (χ4n) is 5.22. The number of aliphatic hydroxyl groups is 1. The quantitative estimate of drug-likeness (QED) is 0.0938. The van der Waals surface area contributed by atoms with Crippen LogP contribution in [0.4, 0.5) is 10.5 Å². The minimum absolute atomic E-state index is 0.0385. The Kier molecular flexibility index (Phi) is 9.91. The highest BCUT2D eigenvalue weighted by atomic mass is 16.5. The first-order chi connectivity index (χ1) is 21.4. The van der Waals surface area contributed by atoms with Gasteiger partial charge in [0.2, 0.25) is 5.56 Å². The van der Waals surface area contributed by atoms with Gasteiger partial charge < -0.3 is 30.4 Å². The number of fused-ring (bicyclic) bond motifs is 1. The second-order valence-electron chi connectivity index (χ2n) is 10.5. The van der Waals surface area contributed by atoms with Gasteiger partial charge in [-0.1, -0.05) is 60.7 Å². The highest BCUT2D eigenvalue weighted by Crippen LogP contribution is 2.30. The predicted octanol–water partition coefficient (Wildman–Crippen LogP) is 5.87. The Labute approximate surface area is 254 Å². The van der Waals surface area contributed by atoms with Crippen LogP contribution >= 0.6 is 0 Å². The number of nitrogens with one attached hydrogen (secondary N) is 3. The minimum Gasteiger partial charge on any atom is -0.506 e. The number of anilines is 1. The number of ether oxygens (including phenoxy) is 1. The Balaban J connectivity index is 1.09. The summed E-state index contributed by atoms with van der Waals surface area (Å²) in [7, 11) is 0. The van der Waals surface area contributed by atoms with Crippen LogP contribution < -0.4 is 20.9 Å². The number of hydrogen-bond acceptors (Lipinski definition) is 6. The lowest BCUT2D eigenvalue weighted by molar-refractivity contribution is 0.176. The van der Waals surface area contributed by atoms with Crippen LogP contribution in [0.15, 0.2) is 102 Å². The van der Waals surface area contributed by atoms with E-state index in [0.717, 1.165) is 47.3 Å². The predicted molar refractivity (Wildman–Crippen MR) is 172 cm³/mol. The lowest BCUT2D eigenvalue weighted by Gasteiger charge is -2.15. The van der Waals surface area contributed by atoms with Gasteiger partial charge >= 0.3 is 6.09 Å². The van der Waals surface area contributed by atoms with Crippen molar-refractivity contribution in [3.05, 3.63) is 124 Å². The van der Waals surface area contributed by atoms with Crippen LogP contribution in [0.25, 0.3) is 22.0 Å². The van der Waals surface area contributed by atoms with Gasteiger partial charge in [-0.3, -0.25) is 10.1 Å². The Hall–Kier alpha value is -5.12. The summed E-state index contributed by atoms with van der Waals surface area (Å²) in [5.74, 6) is 0.739. The number of carbonyl (C=O) groups is 1. The summed E-state index contributed by atoms with van der Waals surface area (Å²) in [6, 6.07) is 29.5.